The van der Waals surface area contributed by atoms with Gasteiger partial charge in [-0.3, -0.25) is 38.7 Å². The van der Waals surface area contributed by atoms with Crippen molar-refractivity contribution < 1.29 is 109 Å². The zero-order valence-corrected chi connectivity index (χ0v) is 88.3. The molecule has 21 rings (SSSR count). The number of aromatic nitrogens is 15. The van der Waals surface area contributed by atoms with E-state index >= 15 is 0 Å². The number of pyridine rings is 2. The molecule has 0 saturated heterocycles. The molecule has 0 aliphatic heterocycles. The van der Waals surface area contributed by atoms with E-state index in [1.807, 2.05) is 175 Å². The van der Waals surface area contributed by atoms with Crippen LogP contribution in [0.15, 0.2) is 348 Å². The van der Waals surface area contributed by atoms with Gasteiger partial charge in [-0.15, -0.1) is 155 Å². The summed E-state index contributed by atoms with van der Waals surface area (Å²) in [7, 11) is 0. The molecule has 0 bridgehead atoms. The molecular weight excluding hydrogens is 2590 g/mol. The van der Waals surface area contributed by atoms with Crippen molar-refractivity contribution >= 4 is 33.0 Å². The van der Waals surface area contributed by atoms with Gasteiger partial charge < -0.3 is 32.1 Å². The Morgan fingerprint density at radius 3 is 1.26 bits per heavy atom. The molecular formula is C115H105F2Ir5N15-6. The van der Waals surface area contributed by atoms with E-state index in [4.69, 9.17) is 4.98 Å². The topological polar surface area (TPSA) is 145 Å². The molecule has 12 aromatic carbocycles. The Kier molecular flexibility index (Phi) is 39.9. The maximum atomic E-state index is 14.0. The Bertz CT molecular complexity index is 7160. The minimum atomic E-state index is -0.673. The van der Waals surface area contributed by atoms with Crippen molar-refractivity contribution in [2.45, 2.75) is 122 Å². The molecule has 15 nitrogen and oxygen atoms in total. The first-order valence-corrected chi connectivity index (χ1v) is 43.5. The van der Waals surface area contributed by atoms with Crippen LogP contribution >= 0.6 is 0 Å². The van der Waals surface area contributed by atoms with Gasteiger partial charge in [0.25, 0.3) is 0 Å². The predicted molar refractivity (Wildman–Crippen MR) is 533 cm³/mol. The third-order valence-electron chi connectivity index (χ3n) is 22.6. The number of para-hydroxylation sites is 3. The van der Waals surface area contributed by atoms with E-state index in [2.05, 4.69) is 299 Å². The molecule has 5 radical (unpaired) electrons. The standard InChI is InChI=1S/C27H27N2.C21H23N2.C17H13F2N2.2C16H10N3.C16H14N3.2CH4.5Ir/c1-19(2)24-17-23(21-11-7-5-8-12-21)18-25(20(3)4)26(24)29-16-15-28-27(29)22-13-9-6-10-14-22;1-15(2)18-11-8-12-19(16(3)4)20(18)23-14-13-22-21(23)17-9-6-5-7-10-17;1-11-4-3-5-12(2)16(11)21-9-8-20-17(21)14-7-6-13(18)10-15(14)19;1-2-6-12(7-3-1)15-10-13-8-4-5-9-14(13)16-18-17-11-19(15)16;1-2-6-12(7-3-1)15-18-14-9-5-4-8-13(14)16-17-10-11-19(15)16;1-12-5-3-6-13(2)15(12)19-10-9-18-16(19)14-7-4-8-17-11-14;;;;;;;/h5-13,15-20H,1-4H3;5-9,11-16H,1-4H3;3-6,8-10H,1-2H3;1-8,10-11H;1-7,9-11H;3-6,8-11H,1-2H3;2*1H4;;;;;/q6*-1;;;;;;;. The zero-order chi connectivity index (χ0) is 90.3. The quantitative estimate of drug-likeness (QED) is 0.0916. The molecule has 0 unspecified atom stereocenters. The molecule has 0 saturated carbocycles. The summed E-state index contributed by atoms with van der Waals surface area (Å²) in [6.45, 7) is 26.2. The molecule has 705 valence electrons. The van der Waals surface area contributed by atoms with E-state index < -0.39 is 11.6 Å². The number of aryl methyl sites for hydroxylation is 4. The predicted octanol–water partition coefficient (Wildman–Crippen LogP) is 28.4. The Labute approximate surface area is 870 Å². The number of imidazole rings is 5. The van der Waals surface area contributed by atoms with Crippen LogP contribution in [0.5, 0.6) is 0 Å². The second-order valence-electron chi connectivity index (χ2n) is 32.8. The van der Waals surface area contributed by atoms with Crippen LogP contribution in [0.25, 0.3) is 135 Å². The average Bonchev–Trinajstić information content (AvgIpc) is 1.74. The first-order valence-electron chi connectivity index (χ1n) is 43.5. The third-order valence-corrected chi connectivity index (χ3v) is 22.6. The minimum Gasteiger partial charge on any atom is -0.360 e. The maximum absolute atomic E-state index is 14.0. The molecule has 0 aliphatic rings. The van der Waals surface area contributed by atoms with Crippen molar-refractivity contribution in [3.63, 3.8) is 0 Å². The number of hydrogen-bond acceptors (Lipinski definition) is 9. The Morgan fingerprint density at radius 2 is 0.766 bits per heavy atom. The molecule has 9 aromatic heterocycles. The van der Waals surface area contributed by atoms with Crippen LogP contribution < -0.4 is 0 Å². The summed E-state index contributed by atoms with van der Waals surface area (Å²) < 4.78 is 39.4. The van der Waals surface area contributed by atoms with E-state index in [0.29, 0.717) is 29.5 Å². The summed E-state index contributed by atoms with van der Waals surface area (Å²) in [5.74, 6) is 4.42. The van der Waals surface area contributed by atoms with Crippen LogP contribution in [0.3, 0.4) is 0 Å². The van der Waals surface area contributed by atoms with Gasteiger partial charge in [-0.2, -0.15) is 5.10 Å². The van der Waals surface area contributed by atoms with Crippen molar-refractivity contribution in [1.82, 2.24) is 72.2 Å². The van der Waals surface area contributed by atoms with Crippen molar-refractivity contribution in [3.8, 4) is 102 Å². The van der Waals surface area contributed by atoms with Crippen molar-refractivity contribution in [1.29, 1.82) is 0 Å². The van der Waals surface area contributed by atoms with Crippen LogP contribution in [0.2, 0.25) is 0 Å². The number of halogens is 2. The molecule has 0 fully saturated rings. The van der Waals surface area contributed by atoms with E-state index in [0.717, 1.165) is 119 Å². The molecule has 0 amide bonds. The summed E-state index contributed by atoms with van der Waals surface area (Å²) in [6, 6.07) is 107. The van der Waals surface area contributed by atoms with E-state index in [-0.39, 0.29) is 121 Å². The summed E-state index contributed by atoms with van der Waals surface area (Å²) in [5, 5.41) is 11.3. The molecule has 9 heterocycles. The monoisotopic (exact) mass is 2700 g/mol. The van der Waals surface area contributed by atoms with Gasteiger partial charge in [0, 0.05) is 208 Å². The summed E-state index contributed by atoms with van der Waals surface area (Å²) in [4.78, 5) is 31.2. The second kappa shape index (κ2) is 50.5. The summed E-state index contributed by atoms with van der Waals surface area (Å²) in [5.41, 5.74) is 26.2. The largest absolute Gasteiger partial charge is 0.360 e. The second-order valence-corrected chi connectivity index (χ2v) is 32.8. The van der Waals surface area contributed by atoms with Gasteiger partial charge in [-0.25, -0.2) is 0 Å². The van der Waals surface area contributed by atoms with Crippen molar-refractivity contribution in [2.24, 2.45) is 0 Å². The summed E-state index contributed by atoms with van der Waals surface area (Å²) in [6.07, 6.45) is 24.0. The third kappa shape index (κ3) is 24.6. The SMILES string of the molecule is C.C.CC(C)c1cc(-c2ccccc2)cc(C(C)C)c1-n1ccnc1-c1[c-]cccc1.CC(C)c1cccc(C(C)C)c1-n1ccnc1-c1[c-]cccc1.Cc1cccc(C)c1-n1ccnc1-c1[c-]cc(F)cc1F.Cc1cccc(C)c1-n1ccnc1-c1[c-]ccnc1.[Ir].[Ir].[Ir].[Ir].[Ir].[c-]1cccc2cc(-c3ccccc3)n3cnnc3c12.[c-]1cccc2nc(-c3ccccc3)n3ccnc3c12. The first kappa shape index (κ1) is 108. The van der Waals surface area contributed by atoms with Gasteiger partial charge in [0.15, 0.2) is 0 Å². The number of benzene rings is 12. The van der Waals surface area contributed by atoms with Gasteiger partial charge in [0.05, 0.1) is 34.6 Å². The maximum Gasteiger partial charge on any atom is 0.127 e. The van der Waals surface area contributed by atoms with Gasteiger partial charge in [-0.1, -0.05) is 262 Å². The fourth-order valence-corrected chi connectivity index (χ4v) is 16.4. The molecule has 0 spiro atoms. The first-order chi connectivity index (χ1) is 63.4. The van der Waals surface area contributed by atoms with Crippen LogP contribution in [0.1, 0.15) is 138 Å². The van der Waals surface area contributed by atoms with Crippen molar-refractivity contribution in [3.05, 3.63) is 440 Å². The van der Waals surface area contributed by atoms with E-state index in [1.54, 1.807) is 47.9 Å². The smallest absolute Gasteiger partial charge is 0.127 e. The fourth-order valence-electron chi connectivity index (χ4n) is 16.4. The van der Waals surface area contributed by atoms with Gasteiger partial charge in [0.2, 0.25) is 0 Å². The van der Waals surface area contributed by atoms with E-state index in [1.165, 1.54) is 61.6 Å². The van der Waals surface area contributed by atoms with Crippen LogP contribution in [0, 0.1) is 75.7 Å². The summed E-state index contributed by atoms with van der Waals surface area (Å²) >= 11 is 0. The van der Waals surface area contributed by atoms with Crippen LogP contribution in [-0.2, 0) is 101 Å². The number of hydrogen-bond donors (Lipinski definition) is 0. The Morgan fingerprint density at radius 1 is 0.328 bits per heavy atom. The molecule has 22 heteroatoms. The van der Waals surface area contributed by atoms with Gasteiger partial charge >= 0.3 is 0 Å². The van der Waals surface area contributed by atoms with Gasteiger partial charge in [0.1, 0.15) is 12.2 Å². The molecule has 0 aliphatic carbocycles. The molecule has 0 atom stereocenters. The van der Waals surface area contributed by atoms with Crippen molar-refractivity contribution in [2.75, 3.05) is 0 Å². The number of rotatable bonds is 15. The van der Waals surface area contributed by atoms with E-state index in [9.17, 15) is 8.78 Å². The number of nitrogens with zero attached hydrogens (tertiary/aromatic N) is 15. The van der Waals surface area contributed by atoms with Gasteiger partial charge in [-0.05, 0) is 130 Å². The molecule has 137 heavy (non-hydrogen) atoms. The minimum absolute atomic E-state index is 0. The Hall–Kier alpha value is -12.5. The molecule has 21 aromatic rings. The fraction of sp³-hybridized carbons (Fsp3) is 0.157. The molecule has 0 N–H and O–H groups in total. The Balaban J connectivity index is 0.000000183. The van der Waals surface area contributed by atoms with Crippen LogP contribution in [0.4, 0.5) is 8.78 Å². The average molecular weight is 2700 g/mol. The number of fused-ring (bicyclic) bond motifs is 6. The zero-order valence-electron chi connectivity index (χ0n) is 76.3. The normalized spacial score (nSPS) is 10.6. The van der Waals surface area contributed by atoms with Crippen LogP contribution in [-0.4, -0.2) is 72.2 Å².